The average molecular weight is 272 g/mol. The van der Waals surface area contributed by atoms with Crippen LogP contribution in [0.2, 0.25) is 0 Å². The van der Waals surface area contributed by atoms with Gasteiger partial charge in [0.25, 0.3) is 0 Å². The minimum Gasteiger partial charge on any atom is -0.379 e. The molecule has 100 valence electrons. The lowest BCUT2D eigenvalue weighted by molar-refractivity contribution is 0.0342. The number of benzene rings is 1. The molecule has 0 spiro atoms. The SMILES string of the molecule is NS(=O)(=O)Oc1ccc(CN2CCOCC2)cc1. The van der Waals surface area contributed by atoms with Crippen molar-refractivity contribution < 1.29 is 17.3 Å². The van der Waals surface area contributed by atoms with Crippen molar-refractivity contribution in [3.8, 4) is 5.75 Å². The smallest absolute Gasteiger partial charge is 0.379 e. The molecule has 1 heterocycles. The molecular formula is C11H16N2O4S. The van der Waals surface area contributed by atoms with E-state index in [4.69, 9.17) is 9.88 Å². The van der Waals surface area contributed by atoms with Crippen LogP contribution in [0.3, 0.4) is 0 Å². The molecule has 1 aliphatic rings. The highest BCUT2D eigenvalue weighted by molar-refractivity contribution is 7.84. The van der Waals surface area contributed by atoms with Crippen LogP contribution in [0, 0.1) is 0 Å². The van der Waals surface area contributed by atoms with E-state index in [1.807, 2.05) is 12.1 Å². The first kappa shape index (κ1) is 13.3. The van der Waals surface area contributed by atoms with Gasteiger partial charge in [0.05, 0.1) is 13.2 Å². The number of nitrogens with zero attached hydrogens (tertiary/aromatic N) is 1. The van der Waals surface area contributed by atoms with Gasteiger partial charge < -0.3 is 8.92 Å². The van der Waals surface area contributed by atoms with Crippen LogP contribution in [-0.2, 0) is 21.6 Å². The molecule has 1 fully saturated rings. The van der Waals surface area contributed by atoms with Crippen LogP contribution >= 0.6 is 0 Å². The predicted octanol–water partition coefficient (Wildman–Crippen LogP) is 0.101. The largest absolute Gasteiger partial charge is 0.380 e. The minimum absolute atomic E-state index is 0.225. The molecule has 18 heavy (non-hydrogen) atoms. The quantitative estimate of drug-likeness (QED) is 0.840. The van der Waals surface area contributed by atoms with E-state index in [1.165, 1.54) is 0 Å². The highest BCUT2D eigenvalue weighted by atomic mass is 32.2. The summed E-state index contributed by atoms with van der Waals surface area (Å²) >= 11 is 0. The summed E-state index contributed by atoms with van der Waals surface area (Å²) in [5, 5.41) is 4.78. The van der Waals surface area contributed by atoms with Crippen molar-refractivity contribution in [3.63, 3.8) is 0 Å². The minimum atomic E-state index is -3.94. The summed E-state index contributed by atoms with van der Waals surface area (Å²) in [7, 11) is -3.94. The van der Waals surface area contributed by atoms with E-state index >= 15 is 0 Å². The summed E-state index contributed by atoms with van der Waals surface area (Å²) in [5.41, 5.74) is 1.10. The number of ether oxygens (including phenoxy) is 1. The number of morpholine rings is 1. The van der Waals surface area contributed by atoms with Crippen LogP contribution in [0.15, 0.2) is 24.3 Å². The van der Waals surface area contributed by atoms with Gasteiger partial charge >= 0.3 is 10.3 Å². The zero-order valence-corrected chi connectivity index (χ0v) is 10.7. The van der Waals surface area contributed by atoms with Crippen molar-refractivity contribution in [3.05, 3.63) is 29.8 Å². The Morgan fingerprint density at radius 3 is 2.39 bits per heavy atom. The Kier molecular flexibility index (Phi) is 4.18. The standard InChI is InChI=1S/C11H16N2O4S/c12-18(14,15)17-11-3-1-10(2-4-11)9-13-5-7-16-8-6-13/h1-4H,5-9H2,(H2,12,14,15). The van der Waals surface area contributed by atoms with Crippen molar-refractivity contribution in [2.75, 3.05) is 26.3 Å². The van der Waals surface area contributed by atoms with Gasteiger partial charge in [0, 0.05) is 19.6 Å². The van der Waals surface area contributed by atoms with Crippen LogP contribution in [0.5, 0.6) is 5.75 Å². The maximum absolute atomic E-state index is 10.7. The fourth-order valence-corrected chi connectivity index (χ4v) is 2.18. The summed E-state index contributed by atoms with van der Waals surface area (Å²) in [4.78, 5) is 2.28. The molecule has 0 atom stereocenters. The van der Waals surface area contributed by atoms with E-state index in [-0.39, 0.29) is 5.75 Å². The molecule has 0 unspecified atom stereocenters. The molecule has 1 saturated heterocycles. The zero-order chi connectivity index (χ0) is 13.0. The number of hydrogen-bond donors (Lipinski definition) is 1. The third kappa shape index (κ3) is 4.26. The topological polar surface area (TPSA) is 81.9 Å². The Hall–Kier alpha value is -1.15. The Morgan fingerprint density at radius 1 is 1.22 bits per heavy atom. The molecule has 0 radical (unpaired) electrons. The van der Waals surface area contributed by atoms with Gasteiger partial charge in [0.2, 0.25) is 0 Å². The van der Waals surface area contributed by atoms with Crippen molar-refractivity contribution in [1.29, 1.82) is 0 Å². The Bertz CT molecular complexity index is 480. The molecule has 7 heteroatoms. The maximum atomic E-state index is 10.7. The van der Waals surface area contributed by atoms with Crippen LogP contribution in [0.25, 0.3) is 0 Å². The van der Waals surface area contributed by atoms with E-state index < -0.39 is 10.3 Å². The van der Waals surface area contributed by atoms with Gasteiger partial charge in [0.15, 0.2) is 0 Å². The Morgan fingerprint density at radius 2 is 1.83 bits per heavy atom. The molecule has 1 aromatic rings. The third-order valence-electron chi connectivity index (χ3n) is 2.65. The van der Waals surface area contributed by atoms with Crippen molar-refractivity contribution >= 4 is 10.3 Å². The summed E-state index contributed by atoms with van der Waals surface area (Å²) < 4.78 is 31.3. The molecule has 1 aromatic carbocycles. The normalized spacial score (nSPS) is 17.6. The second kappa shape index (κ2) is 5.66. The third-order valence-corrected chi connectivity index (χ3v) is 3.07. The number of nitrogens with two attached hydrogens (primary N) is 1. The molecule has 0 aliphatic carbocycles. The van der Waals surface area contributed by atoms with Crippen LogP contribution < -0.4 is 9.32 Å². The van der Waals surface area contributed by atoms with E-state index in [9.17, 15) is 8.42 Å². The summed E-state index contributed by atoms with van der Waals surface area (Å²) in [6.07, 6.45) is 0. The number of rotatable bonds is 4. The lowest BCUT2D eigenvalue weighted by atomic mass is 10.2. The molecule has 1 aliphatic heterocycles. The predicted molar refractivity (Wildman–Crippen MR) is 66.3 cm³/mol. The molecule has 6 nitrogen and oxygen atoms in total. The van der Waals surface area contributed by atoms with Gasteiger partial charge in [-0.05, 0) is 17.7 Å². The van der Waals surface area contributed by atoms with E-state index in [0.717, 1.165) is 38.4 Å². The van der Waals surface area contributed by atoms with Crippen molar-refractivity contribution in [2.24, 2.45) is 5.14 Å². The van der Waals surface area contributed by atoms with E-state index in [1.54, 1.807) is 12.1 Å². The molecule has 0 aromatic heterocycles. The first-order chi connectivity index (χ1) is 8.53. The van der Waals surface area contributed by atoms with Gasteiger partial charge in [0.1, 0.15) is 5.75 Å². The van der Waals surface area contributed by atoms with Gasteiger partial charge in [-0.15, -0.1) is 0 Å². The summed E-state index contributed by atoms with van der Waals surface area (Å²) in [5.74, 6) is 0.225. The number of hydrogen-bond acceptors (Lipinski definition) is 5. The second-order valence-electron chi connectivity index (χ2n) is 4.11. The van der Waals surface area contributed by atoms with Gasteiger partial charge in [-0.25, -0.2) is 0 Å². The average Bonchev–Trinajstić information content (AvgIpc) is 2.31. The van der Waals surface area contributed by atoms with Crippen molar-refractivity contribution in [1.82, 2.24) is 4.90 Å². The molecule has 2 N–H and O–H groups in total. The fourth-order valence-electron chi connectivity index (χ4n) is 1.80. The van der Waals surface area contributed by atoms with Crippen LogP contribution in [-0.4, -0.2) is 39.6 Å². The Balaban J connectivity index is 1.94. The van der Waals surface area contributed by atoms with Crippen molar-refractivity contribution in [2.45, 2.75) is 6.54 Å². The molecule has 0 bridgehead atoms. The first-order valence-corrected chi connectivity index (χ1v) is 7.11. The van der Waals surface area contributed by atoms with Crippen LogP contribution in [0.4, 0.5) is 0 Å². The molecule has 0 saturated carbocycles. The zero-order valence-electron chi connectivity index (χ0n) is 9.91. The molecular weight excluding hydrogens is 256 g/mol. The van der Waals surface area contributed by atoms with E-state index in [0.29, 0.717) is 0 Å². The second-order valence-corrected chi connectivity index (χ2v) is 5.26. The fraction of sp³-hybridized carbons (Fsp3) is 0.455. The lowest BCUT2D eigenvalue weighted by Crippen LogP contribution is -2.35. The van der Waals surface area contributed by atoms with Gasteiger partial charge in [-0.2, -0.15) is 13.6 Å². The Labute approximate surface area is 107 Å². The van der Waals surface area contributed by atoms with Crippen LogP contribution in [0.1, 0.15) is 5.56 Å². The van der Waals surface area contributed by atoms with Gasteiger partial charge in [-0.1, -0.05) is 12.1 Å². The first-order valence-electron chi connectivity index (χ1n) is 5.64. The highest BCUT2D eigenvalue weighted by Crippen LogP contribution is 2.15. The lowest BCUT2D eigenvalue weighted by Gasteiger charge is -2.26. The summed E-state index contributed by atoms with van der Waals surface area (Å²) in [6.45, 7) is 4.16. The van der Waals surface area contributed by atoms with Gasteiger partial charge in [-0.3, -0.25) is 4.90 Å². The summed E-state index contributed by atoms with van der Waals surface area (Å²) in [6, 6.07) is 6.85. The monoisotopic (exact) mass is 272 g/mol. The maximum Gasteiger partial charge on any atom is 0.380 e. The highest BCUT2D eigenvalue weighted by Gasteiger charge is 2.11. The molecule has 0 amide bonds. The van der Waals surface area contributed by atoms with E-state index in [2.05, 4.69) is 9.08 Å². The molecule has 2 rings (SSSR count).